The van der Waals surface area contributed by atoms with Crippen LogP contribution < -0.4 is 10.3 Å². The second kappa shape index (κ2) is 8.16. The maximum absolute atomic E-state index is 13.6. The van der Waals surface area contributed by atoms with Crippen molar-refractivity contribution in [2.45, 2.75) is 6.42 Å². The van der Waals surface area contributed by atoms with E-state index in [-0.39, 0.29) is 30.0 Å². The number of aryl methyl sites for hydroxylation is 1. The van der Waals surface area contributed by atoms with Crippen LogP contribution in [-0.2, 0) is 13.5 Å². The number of amides is 2. The third-order valence-electron chi connectivity index (χ3n) is 6.58. The van der Waals surface area contributed by atoms with Crippen molar-refractivity contribution in [3.63, 3.8) is 0 Å². The summed E-state index contributed by atoms with van der Waals surface area (Å²) in [5.74, 6) is 0.000591. The fourth-order valence-corrected chi connectivity index (χ4v) is 4.77. The highest BCUT2D eigenvalue weighted by Gasteiger charge is 2.37. The average molecular weight is 478 g/mol. The average Bonchev–Trinajstić information content (AvgIpc) is 3.39. The van der Waals surface area contributed by atoms with Crippen LogP contribution in [0.25, 0.3) is 27.5 Å². The number of carbonyl (C=O) groups is 2. The Morgan fingerprint density at radius 2 is 1.78 bits per heavy atom. The minimum atomic E-state index is -0.418. The zero-order valence-corrected chi connectivity index (χ0v) is 19.6. The molecule has 0 unspecified atom stereocenters. The summed E-state index contributed by atoms with van der Waals surface area (Å²) in [5, 5.41) is 5.72. The number of hydrogen-bond donors (Lipinski definition) is 0. The number of benzene rings is 3. The summed E-state index contributed by atoms with van der Waals surface area (Å²) >= 11 is 0. The molecule has 0 atom stereocenters. The molecule has 36 heavy (non-hydrogen) atoms. The molecular weight excluding hydrogens is 457 g/mol. The van der Waals surface area contributed by atoms with Gasteiger partial charge in [0.1, 0.15) is 11.6 Å². The van der Waals surface area contributed by atoms with Gasteiger partial charge in [0.15, 0.2) is 0 Å². The smallest absolute Gasteiger partial charge is 0.265 e. The van der Waals surface area contributed by atoms with Gasteiger partial charge in [-0.15, -0.1) is 0 Å². The molecule has 0 aliphatic carbocycles. The second-order valence-electron chi connectivity index (χ2n) is 8.59. The van der Waals surface area contributed by atoms with E-state index in [4.69, 9.17) is 9.72 Å². The van der Waals surface area contributed by atoms with Gasteiger partial charge in [0.05, 0.1) is 46.5 Å². The number of fused-ring (bicyclic) bond motifs is 3. The summed E-state index contributed by atoms with van der Waals surface area (Å²) in [7, 11) is 3.30. The van der Waals surface area contributed by atoms with E-state index in [0.29, 0.717) is 33.7 Å². The Hall–Kier alpha value is -4.79. The molecule has 0 radical (unpaired) electrons. The van der Waals surface area contributed by atoms with E-state index in [2.05, 4.69) is 5.10 Å². The highest BCUT2D eigenvalue weighted by atomic mass is 16.5. The van der Waals surface area contributed by atoms with E-state index in [1.54, 1.807) is 51.8 Å². The first-order valence-corrected chi connectivity index (χ1v) is 11.4. The summed E-state index contributed by atoms with van der Waals surface area (Å²) in [6, 6.07) is 17.7. The van der Waals surface area contributed by atoms with Gasteiger partial charge >= 0.3 is 0 Å². The fourth-order valence-electron chi connectivity index (χ4n) is 4.77. The Kier molecular flexibility index (Phi) is 4.92. The summed E-state index contributed by atoms with van der Waals surface area (Å²) in [6.45, 7) is 0.0637. The van der Waals surface area contributed by atoms with Crippen LogP contribution in [0.15, 0.2) is 71.7 Å². The minimum Gasteiger partial charge on any atom is -0.496 e. The zero-order valence-electron chi connectivity index (χ0n) is 19.6. The van der Waals surface area contributed by atoms with Gasteiger partial charge in [-0.1, -0.05) is 18.2 Å². The molecule has 0 N–H and O–H groups in total. The van der Waals surface area contributed by atoms with Crippen molar-refractivity contribution in [2.24, 2.45) is 7.05 Å². The fraction of sp³-hybridized carbons (Fsp3) is 0.148. The molecule has 3 aromatic carbocycles. The predicted octanol–water partition coefficient (Wildman–Crippen LogP) is 3.12. The molecule has 0 fully saturated rings. The van der Waals surface area contributed by atoms with Crippen molar-refractivity contribution in [2.75, 3.05) is 13.7 Å². The van der Waals surface area contributed by atoms with Crippen LogP contribution in [0.5, 0.6) is 5.75 Å². The van der Waals surface area contributed by atoms with Crippen molar-refractivity contribution in [3.8, 4) is 11.4 Å². The van der Waals surface area contributed by atoms with Crippen LogP contribution in [0.4, 0.5) is 0 Å². The lowest BCUT2D eigenvalue weighted by atomic mass is 10.1. The first-order valence-electron chi connectivity index (χ1n) is 11.4. The van der Waals surface area contributed by atoms with Gasteiger partial charge in [0.2, 0.25) is 0 Å². The maximum Gasteiger partial charge on any atom is 0.265 e. The van der Waals surface area contributed by atoms with Crippen molar-refractivity contribution >= 4 is 33.6 Å². The standard InChI is InChI=1S/C27H21N5O4/c1-30-21-14-17(11-10-16(21)15-28-30)32-23(29-20-8-4-3-6-18(20)26(32)34)12-13-31-25(33)19-7-5-9-22(36-2)24(19)27(31)35/h3-11,14-15H,12-13H2,1-2H3/i1-1. The van der Waals surface area contributed by atoms with E-state index in [0.717, 1.165) is 10.9 Å². The van der Waals surface area contributed by atoms with Gasteiger partial charge in [-0.25, -0.2) is 4.98 Å². The number of rotatable bonds is 5. The lowest BCUT2D eigenvalue weighted by Crippen LogP contribution is -2.33. The van der Waals surface area contributed by atoms with Crippen LogP contribution >= 0.6 is 0 Å². The zero-order chi connectivity index (χ0) is 25.0. The largest absolute Gasteiger partial charge is 0.496 e. The summed E-state index contributed by atoms with van der Waals surface area (Å²) < 4.78 is 8.59. The molecule has 0 spiro atoms. The molecule has 6 rings (SSSR count). The molecule has 9 nitrogen and oxygen atoms in total. The third kappa shape index (κ3) is 3.20. The van der Waals surface area contributed by atoms with Gasteiger partial charge in [-0.2, -0.15) is 5.10 Å². The Morgan fingerprint density at radius 3 is 2.61 bits per heavy atom. The maximum atomic E-state index is 13.6. The van der Waals surface area contributed by atoms with Crippen molar-refractivity contribution in [1.82, 2.24) is 24.2 Å². The Labute approximate surface area is 205 Å². The van der Waals surface area contributed by atoms with Gasteiger partial charge in [-0.3, -0.25) is 28.5 Å². The molecule has 0 saturated heterocycles. The molecule has 1 aliphatic heterocycles. The van der Waals surface area contributed by atoms with Crippen molar-refractivity contribution in [3.05, 3.63) is 94.2 Å². The number of para-hydroxylation sites is 1. The van der Waals surface area contributed by atoms with Crippen LogP contribution in [0.1, 0.15) is 26.5 Å². The molecular formula is C27H21N5O4. The lowest BCUT2D eigenvalue weighted by Gasteiger charge is -2.17. The predicted molar refractivity (Wildman–Crippen MR) is 134 cm³/mol. The third-order valence-corrected chi connectivity index (χ3v) is 6.58. The number of hydrogen-bond acceptors (Lipinski definition) is 6. The van der Waals surface area contributed by atoms with E-state index in [1.165, 1.54) is 12.0 Å². The monoisotopic (exact) mass is 478 g/mol. The van der Waals surface area contributed by atoms with Crippen LogP contribution in [0.3, 0.4) is 0 Å². The number of carbonyl (C=O) groups excluding carboxylic acids is 2. The SMILES string of the molecule is COc1cccc2c1C(=O)N(CCc1nc3ccccc3c(=O)n1-c1ccc3cnn([11CH3])c3c1)C2=O. The van der Waals surface area contributed by atoms with Gasteiger partial charge in [-0.05, 0) is 42.5 Å². The van der Waals surface area contributed by atoms with E-state index >= 15 is 0 Å². The molecule has 178 valence electrons. The van der Waals surface area contributed by atoms with Crippen LogP contribution in [0, 0.1) is 0 Å². The van der Waals surface area contributed by atoms with E-state index in [1.807, 2.05) is 31.3 Å². The van der Waals surface area contributed by atoms with Gasteiger partial charge in [0, 0.05) is 25.4 Å². The first kappa shape index (κ1) is 21.7. The van der Waals surface area contributed by atoms with Crippen molar-refractivity contribution in [1.29, 1.82) is 0 Å². The van der Waals surface area contributed by atoms with Gasteiger partial charge < -0.3 is 4.74 Å². The minimum absolute atomic E-state index is 0.0637. The number of nitrogens with zero attached hydrogens (tertiary/aromatic N) is 5. The Bertz CT molecular complexity index is 1770. The molecule has 1 aliphatic rings. The topological polar surface area (TPSA) is 99.3 Å². The molecule has 5 aromatic rings. The second-order valence-corrected chi connectivity index (χ2v) is 8.59. The lowest BCUT2D eigenvalue weighted by molar-refractivity contribution is 0.0654. The van der Waals surface area contributed by atoms with Crippen LogP contribution in [0.2, 0.25) is 0 Å². The number of methoxy groups -OCH3 is 1. The molecule has 9 heteroatoms. The Balaban J connectivity index is 1.44. The van der Waals surface area contributed by atoms with Crippen molar-refractivity contribution < 1.29 is 14.3 Å². The van der Waals surface area contributed by atoms with Crippen LogP contribution in [-0.4, -0.2) is 49.7 Å². The van der Waals surface area contributed by atoms with E-state index in [9.17, 15) is 14.4 Å². The summed E-state index contributed by atoms with van der Waals surface area (Å²) in [5.41, 5.74) is 2.40. The Morgan fingerprint density at radius 1 is 0.944 bits per heavy atom. The molecule has 3 heterocycles. The molecule has 0 bridgehead atoms. The van der Waals surface area contributed by atoms with Gasteiger partial charge in [0.25, 0.3) is 17.4 Å². The number of aromatic nitrogens is 4. The summed E-state index contributed by atoms with van der Waals surface area (Å²) in [6.07, 6.45) is 1.95. The normalized spacial score (nSPS) is 13.1. The summed E-state index contributed by atoms with van der Waals surface area (Å²) in [4.78, 5) is 45.7. The first-order chi connectivity index (χ1) is 17.5. The number of imide groups is 1. The quantitative estimate of drug-likeness (QED) is 0.360. The molecule has 2 amide bonds. The highest BCUT2D eigenvalue weighted by molar-refractivity contribution is 6.22. The number of ether oxygens (including phenoxy) is 1. The van der Waals surface area contributed by atoms with E-state index < -0.39 is 5.91 Å². The molecule has 0 saturated carbocycles. The highest BCUT2D eigenvalue weighted by Crippen LogP contribution is 2.31. The molecule has 2 aromatic heterocycles.